The minimum Gasteiger partial charge on any atom is -0.357 e. The lowest BCUT2D eigenvalue weighted by Gasteiger charge is -2.19. The number of hydrogen-bond acceptors (Lipinski definition) is 3. The fraction of sp³-hybridized carbons (Fsp3) is 0.652. The van der Waals surface area contributed by atoms with Gasteiger partial charge in [-0.05, 0) is 69.9 Å². The highest BCUT2D eigenvalue weighted by Crippen LogP contribution is 2.10. The molecule has 1 aromatic rings. The molecule has 0 bridgehead atoms. The number of guanidine groups is 1. The van der Waals surface area contributed by atoms with Crippen LogP contribution in [0.3, 0.4) is 0 Å². The van der Waals surface area contributed by atoms with Crippen LogP contribution in [0.5, 0.6) is 0 Å². The number of halogens is 1. The molecule has 6 nitrogen and oxygen atoms in total. The summed E-state index contributed by atoms with van der Waals surface area (Å²) in [6.45, 7) is 8.22. The molecular formula is C23H40IN5O. The van der Waals surface area contributed by atoms with E-state index in [0.29, 0.717) is 0 Å². The number of likely N-dealkylation sites (tertiary alicyclic amines) is 1. The van der Waals surface area contributed by atoms with E-state index in [1.165, 1.54) is 38.8 Å². The fourth-order valence-corrected chi connectivity index (χ4v) is 3.63. The zero-order valence-electron chi connectivity index (χ0n) is 19.0. The number of hydrogen-bond donors (Lipinski definition) is 2. The molecule has 0 atom stereocenters. The van der Waals surface area contributed by atoms with Crippen LogP contribution in [0.4, 0.5) is 0 Å². The summed E-state index contributed by atoms with van der Waals surface area (Å²) in [6, 6.07) is 7.87. The molecule has 1 aliphatic heterocycles. The third-order valence-corrected chi connectivity index (χ3v) is 5.23. The van der Waals surface area contributed by atoms with Gasteiger partial charge in [-0.25, -0.2) is 0 Å². The Morgan fingerprint density at radius 1 is 1.13 bits per heavy atom. The standard InChI is InChI=1S/C23H39N5O.HI/c1-4-24-23(25-14-10-18-28-16-7-5-6-8-17-28)26-15-13-20-11-9-12-21(19-20)22(29)27(2)3;/h9,11-12,19H,4-8,10,13-18H2,1-3H3,(H2,24,25,26);1H. The minimum atomic E-state index is 0. The molecule has 1 amide bonds. The van der Waals surface area contributed by atoms with Crippen LogP contribution in [-0.4, -0.2) is 75.0 Å². The predicted molar refractivity (Wildman–Crippen MR) is 137 cm³/mol. The molecule has 1 fully saturated rings. The Morgan fingerprint density at radius 3 is 2.53 bits per heavy atom. The van der Waals surface area contributed by atoms with Crippen LogP contribution in [-0.2, 0) is 6.42 Å². The van der Waals surface area contributed by atoms with E-state index in [1.54, 1.807) is 19.0 Å². The first-order valence-corrected chi connectivity index (χ1v) is 11.1. The van der Waals surface area contributed by atoms with Crippen LogP contribution in [0.15, 0.2) is 29.3 Å². The van der Waals surface area contributed by atoms with Gasteiger partial charge in [-0.15, -0.1) is 24.0 Å². The van der Waals surface area contributed by atoms with E-state index in [0.717, 1.165) is 56.1 Å². The maximum Gasteiger partial charge on any atom is 0.253 e. The summed E-state index contributed by atoms with van der Waals surface area (Å²) in [5.74, 6) is 0.919. The van der Waals surface area contributed by atoms with Crippen molar-refractivity contribution < 1.29 is 4.79 Å². The molecule has 0 unspecified atom stereocenters. The topological polar surface area (TPSA) is 60.0 Å². The molecule has 0 aliphatic carbocycles. The molecule has 30 heavy (non-hydrogen) atoms. The summed E-state index contributed by atoms with van der Waals surface area (Å²) >= 11 is 0. The molecular weight excluding hydrogens is 489 g/mol. The number of nitrogens with zero attached hydrogens (tertiary/aromatic N) is 3. The van der Waals surface area contributed by atoms with Gasteiger partial charge < -0.3 is 20.4 Å². The molecule has 2 N–H and O–H groups in total. The van der Waals surface area contributed by atoms with E-state index in [-0.39, 0.29) is 29.9 Å². The van der Waals surface area contributed by atoms with Gasteiger partial charge >= 0.3 is 0 Å². The Kier molecular flexibility index (Phi) is 13.7. The van der Waals surface area contributed by atoms with Crippen LogP contribution in [0.2, 0.25) is 0 Å². The number of amides is 1. The van der Waals surface area contributed by atoms with E-state index in [9.17, 15) is 4.79 Å². The third kappa shape index (κ3) is 10.1. The third-order valence-electron chi connectivity index (χ3n) is 5.23. The zero-order valence-corrected chi connectivity index (χ0v) is 21.3. The Bertz CT molecular complexity index is 642. The predicted octanol–water partition coefficient (Wildman–Crippen LogP) is 3.37. The zero-order chi connectivity index (χ0) is 20.9. The maximum absolute atomic E-state index is 12.1. The number of nitrogens with one attached hydrogen (secondary N) is 2. The quantitative estimate of drug-likeness (QED) is 0.223. The average molecular weight is 530 g/mol. The lowest BCUT2D eigenvalue weighted by molar-refractivity contribution is 0.0827. The molecule has 7 heteroatoms. The first-order chi connectivity index (χ1) is 14.1. The molecule has 2 rings (SSSR count). The molecule has 1 aliphatic rings. The number of rotatable bonds is 9. The Labute approximate surface area is 199 Å². The molecule has 0 radical (unpaired) electrons. The molecule has 1 saturated heterocycles. The largest absolute Gasteiger partial charge is 0.357 e. The van der Waals surface area contributed by atoms with Gasteiger partial charge in [0.15, 0.2) is 5.96 Å². The lowest BCUT2D eigenvalue weighted by Crippen LogP contribution is -2.38. The second-order valence-corrected chi connectivity index (χ2v) is 7.95. The number of carbonyl (C=O) groups is 1. The van der Waals surface area contributed by atoms with Crippen molar-refractivity contribution in [2.24, 2.45) is 4.99 Å². The average Bonchev–Trinajstić information content (AvgIpc) is 2.99. The van der Waals surface area contributed by atoms with Crippen molar-refractivity contribution in [2.75, 3.05) is 53.4 Å². The van der Waals surface area contributed by atoms with Gasteiger partial charge in [-0.3, -0.25) is 9.79 Å². The van der Waals surface area contributed by atoms with E-state index in [1.807, 2.05) is 18.2 Å². The SMILES string of the molecule is CCNC(=NCCCN1CCCCCC1)NCCc1cccc(C(=O)N(C)C)c1.I. The number of benzene rings is 1. The highest BCUT2D eigenvalue weighted by molar-refractivity contribution is 14.0. The molecule has 0 aromatic heterocycles. The fourth-order valence-electron chi connectivity index (χ4n) is 3.63. The van der Waals surface area contributed by atoms with Gasteiger partial charge in [-0.2, -0.15) is 0 Å². The lowest BCUT2D eigenvalue weighted by atomic mass is 10.1. The van der Waals surface area contributed by atoms with Gasteiger partial charge in [0.1, 0.15) is 0 Å². The number of aliphatic imine (C=N–C) groups is 1. The normalized spacial score (nSPS) is 15.1. The molecule has 170 valence electrons. The van der Waals surface area contributed by atoms with Gasteiger partial charge in [0.05, 0.1) is 0 Å². The summed E-state index contributed by atoms with van der Waals surface area (Å²) in [5, 5.41) is 6.75. The van der Waals surface area contributed by atoms with Crippen LogP contribution < -0.4 is 10.6 Å². The van der Waals surface area contributed by atoms with Crippen molar-refractivity contribution >= 4 is 35.8 Å². The van der Waals surface area contributed by atoms with Gasteiger partial charge in [0, 0.05) is 39.3 Å². The van der Waals surface area contributed by atoms with E-state index < -0.39 is 0 Å². The first-order valence-electron chi connectivity index (χ1n) is 11.1. The molecule has 0 spiro atoms. The highest BCUT2D eigenvalue weighted by Gasteiger charge is 2.09. The maximum atomic E-state index is 12.1. The monoisotopic (exact) mass is 529 g/mol. The Morgan fingerprint density at radius 2 is 1.87 bits per heavy atom. The molecule has 1 heterocycles. The minimum absolute atomic E-state index is 0. The summed E-state index contributed by atoms with van der Waals surface area (Å²) in [6.07, 6.45) is 7.41. The van der Waals surface area contributed by atoms with Crippen LogP contribution >= 0.6 is 24.0 Å². The van der Waals surface area contributed by atoms with Crippen molar-refractivity contribution in [3.63, 3.8) is 0 Å². The highest BCUT2D eigenvalue weighted by atomic mass is 127. The van der Waals surface area contributed by atoms with E-state index in [4.69, 9.17) is 4.99 Å². The smallest absolute Gasteiger partial charge is 0.253 e. The van der Waals surface area contributed by atoms with Crippen molar-refractivity contribution in [1.29, 1.82) is 0 Å². The summed E-state index contributed by atoms with van der Waals surface area (Å²) in [4.78, 5) is 21.0. The second-order valence-electron chi connectivity index (χ2n) is 7.95. The van der Waals surface area contributed by atoms with Crippen molar-refractivity contribution in [3.8, 4) is 0 Å². The van der Waals surface area contributed by atoms with Gasteiger partial charge in [0.25, 0.3) is 5.91 Å². The Balaban J connectivity index is 0.00000450. The molecule has 1 aromatic carbocycles. The summed E-state index contributed by atoms with van der Waals surface area (Å²) in [5.41, 5.74) is 1.89. The Hall–Kier alpha value is -1.35. The van der Waals surface area contributed by atoms with E-state index >= 15 is 0 Å². The van der Waals surface area contributed by atoms with Gasteiger partial charge in [0.2, 0.25) is 0 Å². The summed E-state index contributed by atoms with van der Waals surface area (Å²) in [7, 11) is 3.56. The second kappa shape index (κ2) is 15.5. The van der Waals surface area contributed by atoms with E-state index in [2.05, 4.69) is 28.5 Å². The van der Waals surface area contributed by atoms with Crippen molar-refractivity contribution in [3.05, 3.63) is 35.4 Å². The van der Waals surface area contributed by atoms with Gasteiger partial charge in [-0.1, -0.05) is 25.0 Å². The molecule has 0 saturated carbocycles. The van der Waals surface area contributed by atoms with Crippen LogP contribution in [0.25, 0.3) is 0 Å². The van der Waals surface area contributed by atoms with Crippen LogP contribution in [0, 0.1) is 0 Å². The first kappa shape index (κ1) is 26.7. The van der Waals surface area contributed by atoms with Crippen molar-refractivity contribution in [1.82, 2.24) is 20.4 Å². The van der Waals surface area contributed by atoms with Crippen LogP contribution in [0.1, 0.15) is 54.9 Å². The number of carbonyl (C=O) groups excluding carboxylic acids is 1. The summed E-state index contributed by atoms with van der Waals surface area (Å²) < 4.78 is 0. The van der Waals surface area contributed by atoms with Crippen molar-refractivity contribution in [2.45, 2.75) is 45.4 Å².